The number of methoxy groups -OCH3 is 1. The van der Waals surface area contributed by atoms with E-state index in [1.165, 1.54) is 13.2 Å². The standard InChI is InChI=1S/C25H29FN4O4/c1-4-30-22(25(32)33-3)21(29-24(31)17-9-10-34-14-17)19-12-18(13-27-23(19)30)28-15(2)11-16-7-5-6-8-20(16)26/h5-8,12-13,15,17,28H,4,9-11,14H2,1-3H3,(H,29,31)/t15-,17+/m1/s1. The number of fused-ring (bicyclic) bond motifs is 1. The largest absolute Gasteiger partial charge is 0.464 e. The van der Waals surface area contributed by atoms with E-state index in [1.807, 2.05) is 26.0 Å². The van der Waals surface area contributed by atoms with Crippen molar-refractivity contribution in [1.82, 2.24) is 9.55 Å². The quantitative estimate of drug-likeness (QED) is 0.486. The van der Waals surface area contributed by atoms with Crippen molar-refractivity contribution in [2.75, 3.05) is 31.0 Å². The lowest BCUT2D eigenvalue weighted by Crippen LogP contribution is -2.24. The Kier molecular flexibility index (Phi) is 7.12. The number of pyridine rings is 1. The fourth-order valence-corrected chi connectivity index (χ4v) is 4.34. The summed E-state index contributed by atoms with van der Waals surface area (Å²) >= 11 is 0. The molecule has 1 aromatic carbocycles. The Labute approximate surface area is 197 Å². The fraction of sp³-hybridized carbons (Fsp3) is 0.400. The molecule has 9 heteroatoms. The van der Waals surface area contributed by atoms with Gasteiger partial charge < -0.3 is 24.7 Å². The van der Waals surface area contributed by atoms with Crippen LogP contribution < -0.4 is 10.6 Å². The zero-order valence-corrected chi connectivity index (χ0v) is 19.6. The highest BCUT2D eigenvalue weighted by Gasteiger charge is 2.29. The molecule has 3 heterocycles. The van der Waals surface area contributed by atoms with Crippen LogP contribution in [0.4, 0.5) is 15.8 Å². The third kappa shape index (κ3) is 4.75. The monoisotopic (exact) mass is 468 g/mol. The van der Waals surface area contributed by atoms with Crippen LogP contribution in [0.2, 0.25) is 0 Å². The number of rotatable bonds is 8. The SMILES string of the molecule is CCn1c(C(=O)OC)c(NC(=O)[C@H]2CCOC2)c2cc(N[C@H](C)Cc3ccccc3F)cnc21. The van der Waals surface area contributed by atoms with Gasteiger partial charge in [0.2, 0.25) is 5.91 Å². The predicted molar refractivity (Wildman–Crippen MR) is 127 cm³/mol. The van der Waals surface area contributed by atoms with E-state index in [9.17, 15) is 14.0 Å². The number of anilines is 2. The van der Waals surface area contributed by atoms with Gasteiger partial charge in [0.1, 0.15) is 11.5 Å². The third-order valence-corrected chi connectivity index (χ3v) is 6.04. The molecule has 34 heavy (non-hydrogen) atoms. The summed E-state index contributed by atoms with van der Waals surface area (Å²) in [6, 6.07) is 8.45. The van der Waals surface area contributed by atoms with E-state index < -0.39 is 5.97 Å². The summed E-state index contributed by atoms with van der Waals surface area (Å²) in [7, 11) is 1.31. The van der Waals surface area contributed by atoms with Gasteiger partial charge in [0.05, 0.1) is 37.2 Å². The first-order valence-electron chi connectivity index (χ1n) is 11.4. The maximum atomic E-state index is 14.1. The van der Waals surface area contributed by atoms with Crippen molar-refractivity contribution in [3.05, 3.63) is 53.6 Å². The van der Waals surface area contributed by atoms with Crippen LogP contribution in [0.15, 0.2) is 36.5 Å². The first kappa shape index (κ1) is 23.7. The van der Waals surface area contributed by atoms with Gasteiger partial charge in [-0.05, 0) is 44.4 Å². The molecule has 1 fully saturated rings. The average molecular weight is 469 g/mol. The molecule has 0 bridgehead atoms. The third-order valence-electron chi connectivity index (χ3n) is 6.04. The molecular weight excluding hydrogens is 439 g/mol. The fourth-order valence-electron chi connectivity index (χ4n) is 4.34. The van der Waals surface area contributed by atoms with Gasteiger partial charge in [0.25, 0.3) is 0 Å². The normalized spacial score (nSPS) is 16.4. The lowest BCUT2D eigenvalue weighted by Gasteiger charge is -2.16. The molecule has 0 spiro atoms. The van der Waals surface area contributed by atoms with E-state index >= 15 is 0 Å². The second kappa shape index (κ2) is 10.2. The molecule has 1 amide bonds. The zero-order chi connectivity index (χ0) is 24.2. The molecule has 180 valence electrons. The summed E-state index contributed by atoms with van der Waals surface area (Å²) in [5, 5.41) is 6.91. The van der Waals surface area contributed by atoms with E-state index in [1.54, 1.807) is 22.9 Å². The van der Waals surface area contributed by atoms with Crippen LogP contribution in [-0.4, -0.2) is 47.8 Å². The number of benzene rings is 1. The summed E-state index contributed by atoms with van der Waals surface area (Å²) in [6.07, 6.45) is 2.79. The number of ether oxygens (including phenoxy) is 2. The Morgan fingerprint density at radius 2 is 2.15 bits per heavy atom. The van der Waals surface area contributed by atoms with Gasteiger partial charge in [-0.2, -0.15) is 0 Å². The van der Waals surface area contributed by atoms with Gasteiger partial charge >= 0.3 is 5.97 Å². The predicted octanol–water partition coefficient (Wildman–Crippen LogP) is 4.00. The van der Waals surface area contributed by atoms with Crippen molar-refractivity contribution < 1.29 is 23.5 Å². The highest BCUT2D eigenvalue weighted by atomic mass is 19.1. The van der Waals surface area contributed by atoms with Gasteiger partial charge in [-0.1, -0.05) is 18.2 Å². The van der Waals surface area contributed by atoms with Crippen LogP contribution in [0.5, 0.6) is 0 Å². The highest BCUT2D eigenvalue weighted by molar-refractivity contribution is 6.11. The van der Waals surface area contributed by atoms with E-state index in [0.29, 0.717) is 60.6 Å². The topological polar surface area (TPSA) is 94.5 Å². The number of esters is 1. The molecule has 3 aromatic rings. The maximum absolute atomic E-state index is 14.1. The minimum atomic E-state index is -0.555. The Bertz CT molecular complexity index is 1200. The summed E-state index contributed by atoms with van der Waals surface area (Å²) < 4.78 is 26.1. The second-order valence-corrected chi connectivity index (χ2v) is 8.45. The molecule has 1 aliphatic heterocycles. The molecule has 0 saturated carbocycles. The van der Waals surface area contributed by atoms with Gasteiger partial charge in [-0.25, -0.2) is 14.2 Å². The summed E-state index contributed by atoms with van der Waals surface area (Å²) in [5.41, 5.74) is 2.50. The van der Waals surface area contributed by atoms with Gasteiger partial charge in [0.15, 0.2) is 5.69 Å². The smallest absolute Gasteiger partial charge is 0.356 e. The molecule has 0 radical (unpaired) electrons. The van der Waals surface area contributed by atoms with E-state index in [4.69, 9.17) is 9.47 Å². The maximum Gasteiger partial charge on any atom is 0.356 e. The molecule has 2 atom stereocenters. The van der Waals surface area contributed by atoms with Crippen molar-refractivity contribution >= 4 is 34.3 Å². The van der Waals surface area contributed by atoms with Gasteiger partial charge in [-0.3, -0.25) is 4.79 Å². The Balaban J connectivity index is 1.68. The summed E-state index contributed by atoms with van der Waals surface area (Å²) in [5.74, 6) is -1.28. The number of halogens is 1. The van der Waals surface area contributed by atoms with Gasteiger partial charge in [0, 0.05) is 24.6 Å². The van der Waals surface area contributed by atoms with Crippen molar-refractivity contribution in [2.45, 2.75) is 39.3 Å². The Hall–Kier alpha value is -3.46. The van der Waals surface area contributed by atoms with Crippen molar-refractivity contribution in [2.24, 2.45) is 5.92 Å². The first-order chi connectivity index (χ1) is 16.4. The molecule has 4 rings (SSSR count). The molecule has 2 N–H and O–H groups in total. The Morgan fingerprint density at radius 1 is 1.35 bits per heavy atom. The first-order valence-corrected chi connectivity index (χ1v) is 11.4. The van der Waals surface area contributed by atoms with Crippen LogP contribution in [0, 0.1) is 11.7 Å². The number of nitrogens with zero attached hydrogens (tertiary/aromatic N) is 2. The minimum Gasteiger partial charge on any atom is -0.464 e. The number of hydrogen-bond acceptors (Lipinski definition) is 6. The minimum absolute atomic E-state index is 0.0850. The molecular formula is C25H29FN4O4. The molecule has 0 unspecified atom stereocenters. The van der Waals surface area contributed by atoms with Crippen LogP contribution in [-0.2, 0) is 27.2 Å². The second-order valence-electron chi connectivity index (χ2n) is 8.45. The van der Waals surface area contributed by atoms with E-state index in [0.717, 1.165) is 0 Å². The van der Waals surface area contributed by atoms with Crippen LogP contribution in [0.1, 0.15) is 36.3 Å². The number of aryl methyl sites for hydroxylation is 1. The van der Waals surface area contributed by atoms with E-state index in [2.05, 4.69) is 15.6 Å². The molecule has 1 aliphatic rings. The van der Waals surface area contributed by atoms with Gasteiger partial charge in [-0.15, -0.1) is 0 Å². The van der Waals surface area contributed by atoms with Crippen molar-refractivity contribution in [3.63, 3.8) is 0 Å². The zero-order valence-electron chi connectivity index (χ0n) is 19.6. The molecule has 2 aromatic heterocycles. The lowest BCUT2D eigenvalue weighted by atomic mass is 10.1. The average Bonchev–Trinajstić information content (AvgIpc) is 3.47. The van der Waals surface area contributed by atoms with Crippen molar-refractivity contribution in [1.29, 1.82) is 0 Å². The molecule has 0 aliphatic carbocycles. The van der Waals surface area contributed by atoms with Crippen LogP contribution in [0.25, 0.3) is 11.0 Å². The number of carbonyl (C=O) groups excluding carboxylic acids is 2. The van der Waals surface area contributed by atoms with Crippen LogP contribution >= 0.6 is 0 Å². The number of hydrogen-bond donors (Lipinski definition) is 2. The molecule has 1 saturated heterocycles. The summed E-state index contributed by atoms with van der Waals surface area (Å²) in [4.78, 5) is 30.2. The summed E-state index contributed by atoms with van der Waals surface area (Å²) in [6.45, 7) is 5.20. The van der Waals surface area contributed by atoms with Crippen molar-refractivity contribution in [3.8, 4) is 0 Å². The number of carbonyl (C=O) groups is 2. The number of amides is 1. The Morgan fingerprint density at radius 3 is 2.82 bits per heavy atom. The van der Waals surface area contributed by atoms with Crippen LogP contribution in [0.3, 0.4) is 0 Å². The highest BCUT2D eigenvalue weighted by Crippen LogP contribution is 2.33. The lowest BCUT2D eigenvalue weighted by molar-refractivity contribution is -0.119. The van der Waals surface area contributed by atoms with E-state index in [-0.39, 0.29) is 29.4 Å². The number of aromatic nitrogens is 2. The number of nitrogens with one attached hydrogen (secondary N) is 2. The molecule has 8 nitrogen and oxygen atoms in total.